The molecule has 0 fully saturated rings. The van der Waals surface area contributed by atoms with E-state index in [1.807, 2.05) is 12.1 Å². The van der Waals surface area contributed by atoms with Gasteiger partial charge in [0.25, 0.3) is 0 Å². The van der Waals surface area contributed by atoms with Crippen LogP contribution in [0.1, 0.15) is 5.56 Å². The summed E-state index contributed by atoms with van der Waals surface area (Å²) in [7, 11) is 0. The summed E-state index contributed by atoms with van der Waals surface area (Å²) in [6.45, 7) is 0. The molecule has 0 aliphatic rings. The lowest BCUT2D eigenvalue weighted by molar-refractivity contribution is -0.111. The van der Waals surface area contributed by atoms with E-state index >= 15 is 0 Å². The van der Waals surface area contributed by atoms with Crippen molar-refractivity contribution in [3.8, 4) is 0 Å². The normalized spacial score (nSPS) is 10.6. The lowest BCUT2D eigenvalue weighted by Gasteiger charge is -2.02. The standard InChI is InChI=1S/C15H13ClN2O/c16-12-4-1-3-11(9-12)7-8-15(19)18-14-6-2-5-13(17)10-14/h1-10H,17H2,(H,18,19). The van der Waals surface area contributed by atoms with Crippen LogP contribution in [0.3, 0.4) is 0 Å². The zero-order valence-electron chi connectivity index (χ0n) is 10.1. The van der Waals surface area contributed by atoms with Gasteiger partial charge in [-0.05, 0) is 42.0 Å². The van der Waals surface area contributed by atoms with E-state index < -0.39 is 0 Å². The molecule has 0 aromatic heterocycles. The molecule has 2 aromatic carbocycles. The number of amides is 1. The Morgan fingerprint density at radius 1 is 1.16 bits per heavy atom. The van der Waals surface area contributed by atoms with Gasteiger partial charge in [0.2, 0.25) is 5.91 Å². The number of hydrogen-bond donors (Lipinski definition) is 2. The van der Waals surface area contributed by atoms with Crippen LogP contribution in [-0.4, -0.2) is 5.91 Å². The topological polar surface area (TPSA) is 55.1 Å². The van der Waals surface area contributed by atoms with Gasteiger partial charge in [-0.1, -0.05) is 29.8 Å². The summed E-state index contributed by atoms with van der Waals surface area (Å²) >= 11 is 5.86. The number of benzene rings is 2. The first-order valence-electron chi connectivity index (χ1n) is 5.74. The molecule has 0 saturated heterocycles. The van der Waals surface area contributed by atoms with Crippen molar-refractivity contribution in [3.05, 3.63) is 65.2 Å². The fourth-order valence-electron chi connectivity index (χ4n) is 1.58. The zero-order chi connectivity index (χ0) is 13.7. The molecule has 0 aliphatic heterocycles. The fourth-order valence-corrected chi connectivity index (χ4v) is 1.78. The Labute approximate surface area is 116 Å². The number of carbonyl (C=O) groups excluding carboxylic acids is 1. The molecule has 0 spiro atoms. The lowest BCUT2D eigenvalue weighted by atomic mass is 10.2. The van der Waals surface area contributed by atoms with E-state index in [1.54, 1.807) is 42.5 Å². The third kappa shape index (κ3) is 4.16. The van der Waals surface area contributed by atoms with E-state index in [4.69, 9.17) is 17.3 Å². The van der Waals surface area contributed by atoms with E-state index in [9.17, 15) is 4.79 Å². The summed E-state index contributed by atoms with van der Waals surface area (Å²) in [6.07, 6.45) is 3.16. The molecule has 0 unspecified atom stereocenters. The SMILES string of the molecule is Nc1cccc(NC(=O)C=Cc2cccc(Cl)c2)c1. The van der Waals surface area contributed by atoms with Gasteiger partial charge in [-0.25, -0.2) is 0 Å². The maximum Gasteiger partial charge on any atom is 0.248 e. The molecule has 2 aromatic rings. The second-order valence-electron chi connectivity index (χ2n) is 4.00. The van der Waals surface area contributed by atoms with Crippen LogP contribution in [0.4, 0.5) is 11.4 Å². The maximum absolute atomic E-state index is 11.7. The first-order chi connectivity index (χ1) is 9.13. The van der Waals surface area contributed by atoms with Crippen molar-refractivity contribution in [1.29, 1.82) is 0 Å². The summed E-state index contributed by atoms with van der Waals surface area (Å²) in [5.74, 6) is -0.217. The van der Waals surface area contributed by atoms with Gasteiger partial charge in [0, 0.05) is 22.5 Å². The van der Waals surface area contributed by atoms with Gasteiger partial charge < -0.3 is 11.1 Å². The number of nitrogens with one attached hydrogen (secondary N) is 1. The van der Waals surface area contributed by atoms with Crippen LogP contribution in [0.25, 0.3) is 6.08 Å². The van der Waals surface area contributed by atoms with Gasteiger partial charge in [-0.2, -0.15) is 0 Å². The second kappa shape index (κ2) is 6.07. The smallest absolute Gasteiger partial charge is 0.248 e. The zero-order valence-corrected chi connectivity index (χ0v) is 10.9. The predicted molar refractivity (Wildman–Crippen MR) is 80.0 cm³/mol. The first kappa shape index (κ1) is 13.2. The molecule has 19 heavy (non-hydrogen) atoms. The van der Waals surface area contributed by atoms with E-state index in [2.05, 4.69) is 5.32 Å². The molecule has 3 N–H and O–H groups in total. The number of nitrogen functional groups attached to an aromatic ring is 1. The van der Waals surface area contributed by atoms with Crippen molar-refractivity contribution in [2.24, 2.45) is 0 Å². The van der Waals surface area contributed by atoms with E-state index in [1.165, 1.54) is 6.08 Å². The molecule has 1 amide bonds. The summed E-state index contributed by atoms with van der Waals surface area (Å²) in [4.78, 5) is 11.7. The van der Waals surface area contributed by atoms with E-state index in [0.29, 0.717) is 16.4 Å². The van der Waals surface area contributed by atoms with Gasteiger partial charge in [0.15, 0.2) is 0 Å². The summed E-state index contributed by atoms with van der Waals surface area (Å²) in [6, 6.07) is 14.3. The summed E-state index contributed by atoms with van der Waals surface area (Å²) in [5.41, 5.74) is 7.78. The largest absolute Gasteiger partial charge is 0.399 e. The molecule has 0 radical (unpaired) electrons. The van der Waals surface area contributed by atoms with Gasteiger partial charge >= 0.3 is 0 Å². The highest BCUT2D eigenvalue weighted by molar-refractivity contribution is 6.30. The Morgan fingerprint density at radius 2 is 1.95 bits per heavy atom. The van der Waals surface area contributed by atoms with Crippen molar-refractivity contribution in [3.63, 3.8) is 0 Å². The molecule has 2 rings (SSSR count). The molecule has 0 saturated carbocycles. The number of nitrogens with two attached hydrogens (primary N) is 1. The minimum Gasteiger partial charge on any atom is -0.399 e. The van der Waals surface area contributed by atoms with Gasteiger partial charge in [0.05, 0.1) is 0 Å². The average molecular weight is 273 g/mol. The van der Waals surface area contributed by atoms with Crippen molar-refractivity contribution in [2.75, 3.05) is 11.1 Å². The van der Waals surface area contributed by atoms with Crippen LogP contribution >= 0.6 is 11.6 Å². The minimum absolute atomic E-state index is 0.217. The molecule has 96 valence electrons. The van der Waals surface area contributed by atoms with Crippen LogP contribution in [0, 0.1) is 0 Å². The van der Waals surface area contributed by atoms with Gasteiger partial charge in [-0.15, -0.1) is 0 Å². The maximum atomic E-state index is 11.7. The Morgan fingerprint density at radius 3 is 2.68 bits per heavy atom. The number of hydrogen-bond acceptors (Lipinski definition) is 2. The number of anilines is 2. The molecule has 0 atom stereocenters. The molecule has 4 heteroatoms. The number of carbonyl (C=O) groups is 1. The Balaban J connectivity index is 2.01. The number of rotatable bonds is 3. The van der Waals surface area contributed by atoms with E-state index in [-0.39, 0.29) is 5.91 Å². The number of halogens is 1. The van der Waals surface area contributed by atoms with Crippen molar-refractivity contribution < 1.29 is 4.79 Å². The molecular weight excluding hydrogens is 260 g/mol. The molecule has 0 bridgehead atoms. The Kier molecular flexibility index (Phi) is 4.21. The van der Waals surface area contributed by atoms with Crippen molar-refractivity contribution in [2.45, 2.75) is 0 Å². The van der Waals surface area contributed by atoms with Crippen molar-refractivity contribution >= 4 is 35.0 Å². The van der Waals surface area contributed by atoms with Crippen LogP contribution in [0.2, 0.25) is 5.02 Å². The van der Waals surface area contributed by atoms with E-state index in [0.717, 1.165) is 5.56 Å². The fraction of sp³-hybridized carbons (Fsp3) is 0. The van der Waals surface area contributed by atoms with Crippen LogP contribution < -0.4 is 11.1 Å². The van der Waals surface area contributed by atoms with Gasteiger partial charge in [0.1, 0.15) is 0 Å². The predicted octanol–water partition coefficient (Wildman–Crippen LogP) is 3.57. The molecule has 0 aliphatic carbocycles. The highest BCUT2D eigenvalue weighted by Crippen LogP contribution is 2.13. The van der Waals surface area contributed by atoms with Gasteiger partial charge in [-0.3, -0.25) is 4.79 Å². The Hall–Kier alpha value is -2.26. The third-order valence-electron chi connectivity index (χ3n) is 2.43. The van der Waals surface area contributed by atoms with Crippen LogP contribution in [0.15, 0.2) is 54.6 Å². The minimum atomic E-state index is -0.217. The van der Waals surface area contributed by atoms with Crippen LogP contribution in [-0.2, 0) is 4.79 Å². The summed E-state index contributed by atoms with van der Waals surface area (Å²) in [5, 5.41) is 3.37. The lowest BCUT2D eigenvalue weighted by Crippen LogP contribution is -2.07. The highest BCUT2D eigenvalue weighted by atomic mass is 35.5. The Bertz CT molecular complexity index is 623. The highest BCUT2D eigenvalue weighted by Gasteiger charge is 1.98. The van der Waals surface area contributed by atoms with Crippen molar-refractivity contribution in [1.82, 2.24) is 0 Å². The quantitative estimate of drug-likeness (QED) is 0.663. The average Bonchev–Trinajstić information content (AvgIpc) is 2.36. The van der Waals surface area contributed by atoms with Crippen LogP contribution in [0.5, 0.6) is 0 Å². The summed E-state index contributed by atoms with van der Waals surface area (Å²) < 4.78 is 0. The molecule has 3 nitrogen and oxygen atoms in total. The molecular formula is C15H13ClN2O. The third-order valence-corrected chi connectivity index (χ3v) is 2.67. The molecule has 0 heterocycles. The second-order valence-corrected chi connectivity index (χ2v) is 4.44. The first-order valence-corrected chi connectivity index (χ1v) is 6.11. The monoisotopic (exact) mass is 272 g/mol.